The van der Waals surface area contributed by atoms with Gasteiger partial charge in [-0.05, 0) is 12.8 Å². The van der Waals surface area contributed by atoms with Gasteiger partial charge in [0, 0.05) is 0 Å². The Labute approximate surface area is 273 Å². The first-order valence-corrected chi connectivity index (χ1v) is 16.5. The molecule has 0 aliphatic heterocycles. The molecule has 0 aromatic heterocycles. The van der Waals surface area contributed by atoms with Crippen molar-refractivity contribution in [3.05, 3.63) is 0 Å². The first-order chi connectivity index (χ1) is 16.6. The first-order valence-electron chi connectivity index (χ1n) is 13.8. The molecule has 37 heavy (non-hydrogen) atoms. The molecule has 0 unspecified atom stereocenters. The molecule has 214 valence electrons. The molecule has 0 heterocycles. The van der Waals surface area contributed by atoms with Crippen molar-refractivity contribution in [2.45, 2.75) is 149 Å². The van der Waals surface area contributed by atoms with Gasteiger partial charge in [-0.15, -0.1) is 0 Å². The number of hydrogen-bond acceptors (Lipinski definition) is 8. The van der Waals surface area contributed by atoms with Gasteiger partial charge < -0.3 is 9.11 Å². The van der Waals surface area contributed by atoms with E-state index in [1.54, 1.807) is 0 Å². The van der Waals surface area contributed by atoms with E-state index in [0.717, 1.165) is 25.7 Å². The molecule has 0 spiro atoms. The SMILES string of the molecule is CCCCCCCCCCCCCOS(=O)(=O)[O-].CCCCCCCCCCCCOS(=O)(=O)[O-].[Na+].[Na+]. The van der Waals surface area contributed by atoms with Crippen molar-refractivity contribution in [1.82, 2.24) is 0 Å². The Morgan fingerprint density at radius 2 is 0.595 bits per heavy atom. The molecule has 0 saturated carbocycles. The van der Waals surface area contributed by atoms with Crippen LogP contribution >= 0.6 is 0 Å². The minimum atomic E-state index is -4.49. The van der Waals surface area contributed by atoms with Gasteiger partial charge in [-0.3, -0.25) is 8.37 Å². The van der Waals surface area contributed by atoms with E-state index in [0.29, 0.717) is 12.8 Å². The summed E-state index contributed by atoms with van der Waals surface area (Å²) in [5.41, 5.74) is 0. The van der Waals surface area contributed by atoms with E-state index >= 15 is 0 Å². The average molecular weight is 591 g/mol. The van der Waals surface area contributed by atoms with Crippen molar-refractivity contribution < 1.29 is 93.4 Å². The second kappa shape index (κ2) is 33.9. The largest absolute Gasteiger partial charge is 1.00 e. The van der Waals surface area contributed by atoms with Crippen LogP contribution in [0, 0.1) is 0 Å². The molecular weight excluding hydrogens is 538 g/mol. The fourth-order valence-electron chi connectivity index (χ4n) is 3.68. The fourth-order valence-corrected chi connectivity index (χ4v) is 4.32. The van der Waals surface area contributed by atoms with E-state index in [1.165, 1.54) is 96.3 Å². The topological polar surface area (TPSA) is 133 Å². The molecule has 0 bridgehead atoms. The summed E-state index contributed by atoms with van der Waals surface area (Å²) in [6.45, 7) is 4.50. The standard InChI is InChI=1S/C13H28O4S.C12H26O4S.2Na/c1-2-3-4-5-6-7-8-9-10-11-12-13-17-18(14,15)16;1-2-3-4-5-6-7-8-9-10-11-12-16-17(13,14)15;;/h2-13H2,1H3,(H,14,15,16);2-12H2,1H3,(H,13,14,15);;/q;;2*+1/p-2. The predicted octanol–water partition coefficient (Wildman–Crippen LogP) is 1.17. The quantitative estimate of drug-likeness (QED) is 0.0670. The fraction of sp³-hybridized carbons (Fsp3) is 1.00. The molecule has 0 atom stereocenters. The van der Waals surface area contributed by atoms with E-state index in [1.807, 2.05) is 0 Å². The van der Waals surface area contributed by atoms with Crippen LogP contribution in [-0.4, -0.2) is 39.2 Å². The van der Waals surface area contributed by atoms with Gasteiger partial charge in [0.15, 0.2) is 0 Å². The Kier molecular flexibility index (Phi) is 41.9. The van der Waals surface area contributed by atoms with Crippen LogP contribution < -0.4 is 59.1 Å². The molecule has 12 heteroatoms. The Morgan fingerprint density at radius 3 is 0.784 bits per heavy atom. The maximum absolute atomic E-state index is 10.1. The molecule has 0 fully saturated rings. The summed E-state index contributed by atoms with van der Waals surface area (Å²) < 4.78 is 69.0. The van der Waals surface area contributed by atoms with Crippen LogP contribution in [0.1, 0.15) is 149 Å². The van der Waals surface area contributed by atoms with Crippen molar-refractivity contribution >= 4 is 20.8 Å². The Balaban J connectivity index is -0.000000280. The van der Waals surface area contributed by atoms with Gasteiger partial charge in [0.05, 0.1) is 13.2 Å². The van der Waals surface area contributed by atoms with Crippen molar-refractivity contribution in [2.75, 3.05) is 13.2 Å². The maximum atomic E-state index is 10.1. The Morgan fingerprint density at radius 1 is 0.405 bits per heavy atom. The zero-order valence-corrected chi connectivity index (χ0v) is 30.0. The van der Waals surface area contributed by atoms with Gasteiger partial charge in [-0.1, -0.05) is 136 Å². The predicted molar refractivity (Wildman–Crippen MR) is 140 cm³/mol. The second-order valence-electron chi connectivity index (χ2n) is 9.18. The van der Waals surface area contributed by atoms with Crippen molar-refractivity contribution in [3.8, 4) is 0 Å². The summed E-state index contributed by atoms with van der Waals surface area (Å²) in [4.78, 5) is 0. The van der Waals surface area contributed by atoms with Crippen LogP contribution in [-0.2, 0) is 29.2 Å². The summed E-state index contributed by atoms with van der Waals surface area (Å²) in [5.74, 6) is 0. The Hall–Kier alpha value is 1.74. The minimum Gasteiger partial charge on any atom is -0.726 e. The molecule has 0 amide bonds. The molecule has 8 nitrogen and oxygen atoms in total. The summed E-state index contributed by atoms with van der Waals surface area (Å²) >= 11 is 0. The van der Waals surface area contributed by atoms with Gasteiger partial charge in [0.1, 0.15) is 0 Å². The third-order valence-electron chi connectivity index (χ3n) is 5.70. The summed E-state index contributed by atoms with van der Waals surface area (Å²) in [6.07, 6.45) is 24.8. The third kappa shape index (κ3) is 51.0. The summed E-state index contributed by atoms with van der Waals surface area (Å²) in [5, 5.41) is 0. The number of hydrogen-bond donors (Lipinski definition) is 0. The van der Waals surface area contributed by atoms with Gasteiger partial charge in [0.2, 0.25) is 20.8 Å². The molecule has 0 N–H and O–H groups in total. The van der Waals surface area contributed by atoms with Gasteiger partial charge in [-0.2, -0.15) is 0 Å². The van der Waals surface area contributed by atoms with E-state index in [4.69, 9.17) is 0 Å². The van der Waals surface area contributed by atoms with E-state index in [2.05, 4.69) is 22.2 Å². The van der Waals surface area contributed by atoms with Crippen LogP contribution in [0.3, 0.4) is 0 Å². The second-order valence-corrected chi connectivity index (χ2v) is 11.3. The van der Waals surface area contributed by atoms with Crippen LogP contribution in [0.25, 0.3) is 0 Å². The van der Waals surface area contributed by atoms with E-state index in [9.17, 15) is 25.9 Å². The molecule has 0 aromatic rings. The van der Waals surface area contributed by atoms with E-state index < -0.39 is 20.8 Å². The van der Waals surface area contributed by atoms with Crippen LogP contribution in [0.15, 0.2) is 0 Å². The third-order valence-corrected chi connectivity index (χ3v) is 6.61. The zero-order valence-electron chi connectivity index (χ0n) is 24.3. The smallest absolute Gasteiger partial charge is 0.726 e. The monoisotopic (exact) mass is 590 g/mol. The van der Waals surface area contributed by atoms with E-state index in [-0.39, 0.29) is 72.3 Å². The summed E-state index contributed by atoms with van der Waals surface area (Å²) in [7, 11) is -8.97. The maximum Gasteiger partial charge on any atom is 1.00 e. The van der Waals surface area contributed by atoms with Crippen molar-refractivity contribution in [2.24, 2.45) is 0 Å². The Bertz CT molecular complexity index is 633. The first kappa shape index (κ1) is 45.7. The molecule has 0 aliphatic carbocycles. The molecule has 0 rings (SSSR count). The zero-order chi connectivity index (χ0) is 26.7. The molecular formula is C25H52Na2O8S2. The van der Waals surface area contributed by atoms with Crippen molar-refractivity contribution in [3.63, 3.8) is 0 Å². The molecule has 0 aromatic carbocycles. The number of rotatable bonds is 25. The van der Waals surface area contributed by atoms with Crippen molar-refractivity contribution in [1.29, 1.82) is 0 Å². The summed E-state index contributed by atoms with van der Waals surface area (Å²) in [6, 6.07) is 0. The van der Waals surface area contributed by atoms with Gasteiger partial charge in [-0.25, -0.2) is 16.8 Å². The molecule has 0 saturated heterocycles. The average Bonchev–Trinajstić information content (AvgIpc) is 2.77. The van der Waals surface area contributed by atoms with Gasteiger partial charge >= 0.3 is 59.1 Å². The van der Waals surface area contributed by atoms with Crippen LogP contribution in [0.4, 0.5) is 0 Å². The number of unbranched alkanes of at least 4 members (excludes halogenated alkanes) is 19. The van der Waals surface area contributed by atoms with Crippen LogP contribution in [0.5, 0.6) is 0 Å². The molecule has 0 aliphatic rings. The van der Waals surface area contributed by atoms with Crippen LogP contribution in [0.2, 0.25) is 0 Å². The van der Waals surface area contributed by atoms with Gasteiger partial charge in [0.25, 0.3) is 0 Å². The normalized spacial score (nSPS) is 11.2. The minimum absolute atomic E-state index is 0. The molecule has 0 radical (unpaired) electrons.